The van der Waals surface area contributed by atoms with Crippen LogP contribution in [0.1, 0.15) is 31.4 Å². The van der Waals surface area contributed by atoms with Crippen molar-refractivity contribution < 1.29 is 13.9 Å². The van der Waals surface area contributed by atoms with E-state index in [4.69, 9.17) is 6.42 Å². The van der Waals surface area contributed by atoms with Crippen LogP contribution in [-0.2, 0) is 0 Å². The van der Waals surface area contributed by atoms with E-state index in [-0.39, 0.29) is 18.2 Å². The number of terminal acetylenes is 1. The molecule has 0 fully saturated rings. The van der Waals surface area contributed by atoms with Crippen LogP contribution in [0, 0.1) is 24.0 Å². The van der Waals surface area contributed by atoms with Crippen LogP contribution in [-0.4, -0.2) is 17.7 Å². The molecule has 0 amide bonds. The zero-order valence-electron chi connectivity index (χ0n) is 10.3. The van der Waals surface area contributed by atoms with Crippen LogP contribution in [0.5, 0.6) is 0 Å². The fraction of sp³-hybridized carbons (Fsp3) is 0.429. The summed E-state index contributed by atoms with van der Waals surface area (Å²) < 4.78 is 26.3. The Bertz CT molecular complexity index is 428. The van der Waals surface area contributed by atoms with Crippen LogP contribution < -0.4 is 5.32 Å². The van der Waals surface area contributed by atoms with Crippen LogP contribution >= 0.6 is 0 Å². The van der Waals surface area contributed by atoms with E-state index in [0.29, 0.717) is 0 Å². The maximum atomic E-state index is 13.4. The van der Waals surface area contributed by atoms with Crippen molar-refractivity contribution >= 4 is 0 Å². The van der Waals surface area contributed by atoms with Crippen molar-refractivity contribution in [2.24, 2.45) is 0 Å². The molecule has 2 nitrogen and oxygen atoms in total. The van der Waals surface area contributed by atoms with E-state index >= 15 is 0 Å². The Morgan fingerprint density at radius 1 is 1.44 bits per heavy atom. The Balaban J connectivity index is 2.62. The Morgan fingerprint density at radius 3 is 2.78 bits per heavy atom. The van der Waals surface area contributed by atoms with Gasteiger partial charge in [0.1, 0.15) is 11.6 Å². The first-order chi connectivity index (χ1) is 8.58. The van der Waals surface area contributed by atoms with Crippen LogP contribution in [0.4, 0.5) is 8.78 Å². The second kappa shape index (κ2) is 7.10. The number of nitrogens with one attached hydrogen (secondary N) is 1. The molecule has 2 N–H and O–H groups in total. The Hall–Kier alpha value is -1.44. The van der Waals surface area contributed by atoms with Gasteiger partial charge < -0.3 is 10.4 Å². The maximum absolute atomic E-state index is 13.4. The number of rotatable bonds is 6. The lowest BCUT2D eigenvalue weighted by molar-refractivity contribution is 0.167. The molecule has 0 bridgehead atoms. The lowest BCUT2D eigenvalue weighted by Crippen LogP contribution is -2.31. The average Bonchev–Trinajstić information content (AvgIpc) is 2.37. The third-order valence-corrected chi connectivity index (χ3v) is 2.65. The molecule has 0 heterocycles. The van der Waals surface area contributed by atoms with Crippen molar-refractivity contribution in [3.8, 4) is 12.3 Å². The number of halogens is 2. The van der Waals surface area contributed by atoms with Crippen molar-refractivity contribution in [1.82, 2.24) is 5.32 Å². The van der Waals surface area contributed by atoms with Gasteiger partial charge in [-0.05, 0) is 24.6 Å². The predicted molar refractivity (Wildman–Crippen MR) is 66.8 cm³/mol. The van der Waals surface area contributed by atoms with Gasteiger partial charge in [-0.15, -0.1) is 6.42 Å². The Labute approximate surface area is 106 Å². The summed E-state index contributed by atoms with van der Waals surface area (Å²) in [6, 6.07) is 2.84. The fourth-order valence-corrected chi connectivity index (χ4v) is 1.67. The first kappa shape index (κ1) is 14.6. The molecule has 0 radical (unpaired) electrons. The quantitative estimate of drug-likeness (QED) is 0.763. The molecule has 1 aromatic carbocycles. The van der Waals surface area contributed by atoms with Gasteiger partial charge in [-0.25, -0.2) is 8.78 Å². The molecule has 98 valence electrons. The topological polar surface area (TPSA) is 32.3 Å². The summed E-state index contributed by atoms with van der Waals surface area (Å²) in [7, 11) is 0. The van der Waals surface area contributed by atoms with Gasteiger partial charge in [0, 0.05) is 12.1 Å². The monoisotopic (exact) mass is 253 g/mol. The maximum Gasteiger partial charge on any atom is 0.129 e. The minimum absolute atomic E-state index is 0.0604. The highest BCUT2D eigenvalue weighted by molar-refractivity contribution is 5.21. The smallest absolute Gasteiger partial charge is 0.129 e. The normalized spacial score (nSPS) is 13.9. The number of aliphatic hydroxyl groups excluding tert-OH is 1. The Morgan fingerprint density at radius 2 is 2.17 bits per heavy atom. The van der Waals surface area contributed by atoms with Gasteiger partial charge in [-0.1, -0.05) is 19.3 Å². The average molecular weight is 253 g/mol. The number of aliphatic hydroxyl groups is 1. The number of hydrogen-bond acceptors (Lipinski definition) is 2. The lowest BCUT2D eigenvalue weighted by atomic mass is 10.1. The lowest BCUT2D eigenvalue weighted by Gasteiger charge is -2.16. The molecule has 2 atom stereocenters. The Kier molecular flexibility index (Phi) is 5.76. The van der Waals surface area contributed by atoms with Gasteiger partial charge in [-0.3, -0.25) is 0 Å². The largest absolute Gasteiger partial charge is 0.387 e. The van der Waals surface area contributed by atoms with Crippen LogP contribution in [0.2, 0.25) is 0 Å². The fourth-order valence-electron chi connectivity index (χ4n) is 1.67. The number of hydrogen-bond donors (Lipinski definition) is 2. The van der Waals surface area contributed by atoms with Gasteiger partial charge in [0.25, 0.3) is 0 Å². The number of benzene rings is 1. The SMILES string of the molecule is C#CC(CCC)NCC(O)c1cc(F)ccc1F. The summed E-state index contributed by atoms with van der Waals surface area (Å²) in [4.78, 5) is 0. The summed E-state index contributed by atoms with van der Waals surface area (Å²) in [6.45, 7) is 2.09. The van der Waals surface area contributed by atoms with Crippen LogP contribution in [0.15, 0.2) is 18.2 Å². The standard InChI is InChI=1S/C14H17F2NO/c1-3-5-11(4-2)17-9-14(18)12-8-10(15)6-7-13(12)16/h2,6-8,11,14,17-18H,3,5,9H2,1H3. The predicted octanol–water partition coefficient (Wildman–Crippen LogP) is 2.39. The van der Waals surface area contributed by atoms with Crippen molar-refractivity contribution in [2.45, 2.75) is 31.9 Å². The summed E-state index contributed by atoms with van der Waals surface area (Å²) >= 11 is 0. The van der Waals surface area contributed by atoms with Crippen molar-refractivity contribution in [3.05, 3.63) is 35.4 Å². The van der Waals surface area contributed by atoms with Crippen LogP contribution in [0.3, 0.4) is 0 Å². The summed E-state index contributed by atoms with van der Waals surface area (Å²) in [5.74, 6) is 1.34. The van der Waals surface area contributed by atoms with Gasteiger partial charge >= 0.3 is 0 Å². The molecule has 0 spiro atoms. The minimum atomic E-state index is -1.12. The molecule has 0 aliphatic carbocycles. The summed E-state index contributed by atoms with van der Waals surface area (Å²) in [5.41, 5.74) is -0.0604. The minimum Gasteiger partial charge on any atom is -0.387 e. The molecule has 18 heavy (non-hydrogen) atoms. The second-order valence-electron chi connectivity index (χ2n) is 4.10. The molecule has 0 aromatic heterocycles. The molecule has 1 rings (SSSR count). The van der Waals surface area contributed by atoms with E-state index in [1.807, 2.05) is 6.92 Å². The molecule has 1 aromatic rings. The third-order valence-electron chi connectivity index (χ3n) is 2.65. The van der Waals surface area contributed by atoms with Crippen molar-refractivity contribution in [2.75, 3.05) is 6.54 Å². The molecule has 0 aliphatic rings. The first-order valence-electron chi connectivity index (χ1n) is 5.91. The van der Waals surface area contributed by atoms with Crippen molar-refractivity contribution in [1.29, 1.82) is 0 Å². The molecule has 0 saturated heterocycles. The van der Waals surface area contributed by atoms with E-state index in [1.165, 1.54) is 0 Å². The zero-order chi connectivity index (χ0) is 13.5. The molecular formula is C14H17F2NO. The van der Waals surface area contributed by atoms with E-state index in [9.17, 15) is 13.9 Å². The molecular weight excluding hydrogens is 236 g/mol. The highest BCUT2D eigenvalue weighted by atomic mass is 19.1. The molecule has 0 aliphatic heterocycles. The van der Waals surface area contributed by atoms with E-state index in [2.05, 4.69) is 11.2 Å². The van der Waals surface area contributed by atoms with Gasteiger partial charge in [0.05, 0.1) is 12.1 Å². The zero-order valence-corrected chi connectivity index (χ0v) is 10.3. The second-order valence-corrected chi connectivity index (χ2v) is 4.10. The van der Waals surface area contributed by atoms with Gasteiger partial charge in [-0.2, -0.15) is 0 Å². The van der Waals surface area contributed by atoms with Gasteiger partial charge in [0.15, 0.2) is 0 Å². The van der Waals surface area contributed by atoms with E-state index < -0.39 is 17.7 Å². The highest BCUT2D eigenvalue weighted by Gasteiger charge is 2.15. The highest BCUT2D eigenvalue weighted by Crippen LogP contribution is 2.17. The molecule has 2 unspecified atom stereocenters. The molecule has 4 heteroatoms. The van der Waals surface area contributed by atoms with Crippen LogP contribution in [0.25, 0.3) is 0 Å². The molecule has 0 saturated carbocycles. The van der Waals surface area contributed by atoms with E-state index in [0.717, 1.165) is 31.0 Å². The third kappa shape index (κ3) is 4.10. The van der Waals surface area contributed by atoms with Crippen molar-refractivity contribution in [3.63, 3.8) is 0 Å². The summed E-state index contributed by atoms with van der Waals surface area (Å²) in [5, 5.41) is 12.7. The first-order valence-corrected chi connectivity index (χ1v) is 5.91. The summed E-state index contributed by atoms with van der Waals surface area (Å²) in [6.07, 6.45) is 5.87. The van der Waals surface area contributed by atoms with E-state index in [1.54, 1.807) is 0 Å². The van der Waals surface area contributed by atoms with Gasteiger partial charge in [0.2, 0.25) is 0 Å².